The summed E-state index contributed by atoms with van der Waals surface area (Å²) in [6.07, 6.45) is 4.11. The van der Waals surface area contributed by atoms with Gasteiger partial charge in [-0.1, -0.05) is 97.1 Å². The average Bonchev–Trinajstić information content (AvgIpc) is 3.58. The number of hydrogen-bond acceptors (Lipinski definition) is 7. The molecule has 1 aliphatic carbocycles. The zero-order valence-electron chi connectivity index (χ0n) is 31.0. The lowest BCUT2D eigenvalue weighted by Gasteiger charge is -2.23. The van der Waals surface area contributed by atoms with Crippen molar-refractivity contribution in [2.24, 2.45) is 0 Å². The van der Waals surface area contributed by atoms with E-state index in [0.29, 0.717) is 27.7 Å². The molecule has 2 atom stereocenters. The number of thiophene rings is 1. The molecule has 0 saturated heterocycles. The van der Waals surface area contributed by atoms with Crippen molar-refractivity contribution >= 4 is 74.3 Å². The lowest BCUT2D eigenvalue weighted by Crippen LogP contribution is -2.30. The van der Waals surface area contributed by atoms with Crippen LogP contribution in [0.4, 0.5) is 10.7 Å². The molecule has 0 bridgehead atoms. The van der Waals surface area contributed by atoms with E-state index in [1.54, 1.807) is 62.4 Å². The first kappa shape index (κ1) is 38.3. The fourth-order valence-electron chi connectivity index (χ4n) is 6.89. The number of nitrogens with one attached hydrogen (secondary N) is 3. The number of ether oxygens (including phenoxy) is 1. The molecule has 3 amide bonds. The Balaban J connectivity index is 1.07. The summed E-state index contributed by atoms with van der Waals surface area (Å²) in [5.41, 5.74) is 4.46. The first-order valence-corrected chi connectivity index (χ1v) is 20.3. The van der Waals surface area contributed by atoms with Crippen LogP contribution in [0.1, 0.15) is 68.5 Å². The summed E-state index contributed by atoms with van der Waals surface area (Å²) in [5, 5.41) is 10.7. The molecule has 3 N–H and O–H groups in total. The Morgan fingerprint density at radius 3 is 2.36 bits per heavy atom. The highest BCUT2D eigenvalue weighted by Crippen LogP contribution is 2.43. The zero-order chi connectivity index (χ0) is 39.0. The fourth-order valence-corrected chi connectivity index (χ4v) is 9.14. The highest BCUT2D eigenvalue weighted by atomic mass is 32.2. The SMILES string of the molecule is CCOC(=O)c1c(NC(=O)C(C)Sc2cccc(NC(=O)/C(=C\c3cccc4ccccc34)NC(=O)c3ccccc3)c2)sc2c1CCC(c1ccccc1)C2. The van der Waals surface area contributed by atoms with E-state index < -0.39 is 23.0 Å². The van der Waals surface area contributed by atoms with Crippen LogP contribution in [0.15, 0.2) is 138 Å². The van der Waals surface area contributed by atoms with Crippen molar-refractivity contribution in [2.75, 3.05) is 17.2 Å². The van der Waals surface area contributed by atoms with E-state index in [1.807, 2.05) is 72.8 Å². The Morgan fingerprint density at radius 2 is 1.57 bits per heavy atom. The molecule has 8 nitrogen and oxygen atoms in total. The van der Waals surface area contributed by atoms with Crippen molar-refractivity contribution in [3.63, 3.8) is 0 Å². The molecule has 0 spiro atoms. The Kier molecular flexibility index (Phi) is 12.1. The van der Waals surface area contributed by atoms with Crippen molar-refractivity contribution in [1.82, 2.24) is 5.32 Å². The molecule has 1 aromatic heterocycles. The molecule has 0 fully saturated rings. The predicted octanol–water partition coefficient (Wildman–Crippen LogP) is 9.88. The first-order chi connectivity index (χ1) is 27.3. The van der Waals surface area contributed by atoms with Crippen LogP contribution in [0.3, 0.4) is 0 Å². The van der Waals surface area contributed by atoms with Crippen LogP contribution in [0.25, 0.3) is 16.8 Å². The zero-order valence-corrected chi connectivity index (χ0v) is 32.7. The number of benzene rings is 5. The van der Waals surface area contributed by atoms with Crippen LogP contribution in [-0.4, -0.2) is 35.5 Å². The van der Waals surface area contributed by atoms with E-state index in [2.05, 4.69) is 28.1 Å². The second-order valence-corrected chi connectivity index (χ2v) is 16.0. The van der Waals surface area contributed by atoms with Gasteiger partial charge in [-0.3, -0.25) is 14.4 Å². The third kappa shape index (κ3) is 8.94. The molecule has 7 rings (SSSR count). The van der Waals surface area contributed by atoms with Crippen molar-refractivity contribution < 1.29 is 23.9 Å². The van der Waals surface area contributed by atoms with Crippen LogP contribution in [0.5, 0.6) is 0 Å². The third-order valence-corrected chi connectivity index (χ3v) is 11.9. The molecule has 1 heterocycles. The molecule has 6 aromatic rings. The van der Waals surface area contributed by atoms with E-state index in [1.165, 1.54) is 28.7 Å². The largest absolute Gasteiger partial charge is 0.462 e. The number of esters is 1. The van der Waals surface area contributed by atoms with Crippen molar-refractivity contribution in [1.29, 1.82) is 0 Å². The highest BCUT2D eigenvalue weighted by Gasteiger charge is 2.31. The normalized spacial score (nSPS) is 14.3. The maximum atomic E-state index is 13.9. The van der Waals surface area contributed by atoms with Gasteiger partial charge in [0.05, 0.1) is 17.4 Å². The van der Waals surface area contributed by atoms with Gasteiger partial charge in [0.1, 0.15) is 10.7 Å². The van der Waals surface area contributed by atoms with Gasteiger partial charge in [0.15, 0.2) is 0 Å². The quantitative estimate of drug-likeness (QED) is 0.0648. The molecule has 2 unspecified atom stereocenters. The fraction of sp³-hybridized carbons (Fsp3) is 0.174. The molecule has 0 aliphatic heterocycles. The maximum Gasteiger partial charge on any atom is 0.341 e. The van der Waals surface area contributed by atoms with Gasteiger partial charge in [0, 0.05) is 21.0 Å². The van der Waals surface area contributed by atoms with Gasteiger partial charge in [-0.05, 0) is 103 Å². The van der Waals surface area contributed by atoms with Crippen molar-refractivity contribution in [3.05, 3.63) is 166 Å². The number of carbonyl (C=O) groups excluding carboxylic acids is 4. The van der Waals surface area contributed by atoms with Gasteiger partial charge < -0.3 is 20.7 Å². The van der Waals surface area contributed by atoms with Crippen molar-refractivity contribution in [2.45, 2.75) is 49.2 Å². The van der Waals surface area contributed by atoms with Crippen molar-refractivity contribution in [3.8, 4) is 0 Å². The molecule has 1 aliphatic rings. The number of rotatable bonds is 12. The summed E-state index contributed by atoms with van der Waals surface area (Å²) in [6, 6.07) is 40.0. The molecule has 56 heavy (non-hydrogen) atoms. The number of carbonyl (C=O) groups is 4. The lowest BCUT2D eigenvalue weighted by atomic mass is 9.83. The molecule has 5 aromatic carbocycles. The smallest absolute Gasteiger partial charge is 0.341 e. The van der Waals surface area contributed by atoms with Crippen LogP contribution in [0, 0.1) is 0 Å². The number of thioether (sulfide) groups is 1. The molecule has 0 radical (unpaired) electrons. The minimum Gasteiger partial charge on any atom is -0.462 e. The van der Waals surface area contributed by atoms with Gasteiger partial charge in [-0.25, -0.2) is 4.79 Å². The van der Waals surface area contributed by atoms with E-state index in [9.17, 15) is 19.2 Å². The molecular weight excluding hydrogens is 739 g/mol. The van der Waals surface area contributed by atoms with E-state index in [4.69, 9.17) is 4.74 Å². The summed E-state index contributed by atoms with van der Waals surface area (Å²) in [7, 11) is 0. The molecule has 10 heteroatoms. The predicted molar refractivity (Wildman–Crippen MR) is 226 cm³/mol. The van der Waals surface area contributed by atoms with Gasteiger partial charge in [0.25, 0.3) is 11.8 Å². The van der Waals surface area contributed by atoms with Crippen LogP contribution in [-0.2, 0) is 27.2 Å². The number of fused-ring (bicyclic) bond motifs is 2. The first-order valence-electron chi connectivity index (χ1n) is 18.6. The summed E-state index contributed by atoms with van der Waals surface area (Å²) in [5.74, 6) is -1.25. The van der Waals surface area contributed by atoms with Gasteiger partial charge in [-0.15, -0.1) is 23.1 Å². The van der Waals surface area contributed by atoms with Crippen LogP contribution in [0.2, 0.25) is 0 Å². The summed E-state index contributed by atoms with van der Waals surface area (Å²) in [6.45, 7) is 3.82. The van der Waals surface area contributed by atoms with Gasteiger partial charge in [-0.2, -0.15) is 0 Å². The highest BCUT2D eigenvalue weighted by molar-refractivity contribution is 8.00. The Labute approximate surface area is 334 Å². The topological polar surface area (TPSA) is 114 Å². The van der Waals surface area contributed by atoms with Crippen LogP contribution >= 0.6 is 23.1 Å². The van der Waals surface area contributed by atoms with E-state index >= 15 is 0 Å². The third-order valence-electron chi connectivity index (χ3n) is 9.68. The molecule has 282 valence electrons. The van der Waals surface area contributed by atoms with Crippen LogP contribution < -0.4 is 16.0 Å². The number of hydrogen-bond donors (Lipinski definition) is 3. The average molecular weight is 780 g/mol. The summed E-state index contributed by atoms with van der Waals surface area (Å²) < 4.78 is 5.45. The number of amides is 3. The molecular formula is C46H41N3O5S2. The monoisotopic (exact) mass is 779 g/mol. The summed E-state index contributed by atoms with van der Waals surface area (Å²) in [4.78, 5) is 55.9. The standard InChI is InChI=1S/C46H41N3O5S2/c1-3-54-46(53)41-38-25-24-33(30-14-6-4-7-15-30)27-40(38)56-45(41)49-42(50)29(2)55-36-22-13-21-35(28-36)47-44(52)39(48-43(51)32-17-8-5-9-18-32)26-34-20-12-19-31-16-10-11-23-37(31)34/h4-23,26,28-29,33H,3,24-25,27H2,1-2H3,(H,47,52)(H,48,51)(H,49,50)/b39-26+. The second kappa shape index (κ2) is 17.7. The number of anilines is 2. The Hall–Kier alpha value is -5.97. The minimum absolute atomic E-state index is 0.0761. The van der Waals surface area contributed by atoms with Gasteiger partial charge >= 0.3 is 5.97 Å². The molecule has 0 saturated carbocycles. The Morgan fingerprint density at radius 1 is 0.857 bits per heavy atom. The van der Waals surface area contributed by atoms with E-state index in [-0.39, 0.29) is 18.2 Å². The second-order valence-electron chi connectivity index (χ2n) is 13.5. The maximum absolute atomic E-state index is 13.9. The summed E-state index contributed by atoms with van der Waals surface area (Å²) >= 11 is 2.79. The minimum atomic E-state index is -0.542. The van der Waals surface area contributed by atoms with E-state index in [0.717, 1.165) is 50.9 Å². The lowest BCUT2D eigenvalue weighted by molar-refractivity contribution is -0.115. The Bertz CT molecular complexity index is 2420. The van der Waals surface area contributed by atoms with Gasteiger partial charge in [0.2, 0.25) is 5.91 Å².